The first-order valence-electron chi connectivity index (χ1n) is 6.84. The lowest BCUT2D eigenvalue weighted by atomic mass is 9.99. The van der Waals surface area contributed by atoms with Gasteiger partial charge < -0.3 is 11.1 Å². The molecular formula is C14H18ClN3O2. The van der Waals surface area contributed by atoms with Crippen LogP contribution in [0.2, 0.25) is 5.02 Å². The molecule has 0 aromatic carbocycles. The van der Waals surface area contributed by atoms with Gasteiger partial charge in [0, 0.05) is 12.1 Å². The molecule has 0 spiro atoms. The van der Waals surface area contributed by atoms with Crippen LogP contribution in [0.25, 0.3) is 0 Å². The average Bonchev–Trinajstić information content (AvgIpc) is 2.69. The zero-order chi connectivity index (χ0) is 14.5. The summed E-state index contributed by atoms with van der Waals surface area (Å²) in [4.78, 5) is 27.2. The molecule has 1 fully saturated rings. The van der Waals surface area contributed by atoms with E-state index in [0.29, 0.717) is 0 Å². The number of rotatable bonds is 3. The number of pyridine rings is 1. The van der Waals surface area contributed by atoms with Crippen molar-refractivity contribution in [1.29, 1.82) is 0 Å². The summed E-state index contributed by atoms with van der Waals surface area (Å²) in [6.07, 6.45) is 7.68. The summed E-state index contributed by atoms with van der Waals surface area (Å²) in [5.41, 5.74) is 5.37. The fourth-order valence-corrected chi connectivity index (χ4v) is 2.64. The molecule has 1 heterocycles. The van der Waals surface area contributed by atoms with Crippen molar-refractivity contribution in [1.82, 2.24) is 4.98 Å². The fraction of sp³-hybridized carbons (Fsp3) is 0.500. The first-order valence-corrected chi connectivity index (χ1v) is 7.22. The Morgan fingerprint density at radius 3 is 2.45 bits per heavy atom. The summed E-state index contributed by atoms with van der Waals surface area (Å²) in [5, 5.41) is 2.96. The van der Waals surface area contributed by atoms with Gasteiger partial charge in [-0.2, -0.15) is 0 Å². The number of aromatic nitrogens is 1. The van der Waals surface area contributed by atoms with Crippen molar-refractivity contribution in [2.45, 2.75) is 38.5 Å². The van der Waals surface area contributed by atoms with E-state index in [-0.39, 0.29) is 28.2 Å². The van der Waals surface area contributed by atoms with Gasteiger partial charge in [0.15, 0.2) is 5.82 Å². The highest BCUT2D eigenvalue weighted by Gasteiger charge is 2.21. The topological polar surface area (TPSA) is 85.1 Å². The Bertz CT molecular complexity index is 511. The minimum absolute atomic E-state index is 0.0196. The normalized spacial score (nSPS) is 16.4. The third-order valence-corrected chi connectivity index (χ3v) is 3.88. The summed E-state index contributed by atoms with van der Waals surface area (Å²) >= 11 is 6.00. The molecule has 6 heteroatoms. The molecule has 0 atom stereocenters. The van der Waals surface area contributed by atoms with E-state index >= 15 is 0 Å². The molecule has 3 N–H and O–H groups in total. The van der Waals surface area contributed by atoms with E-state index in [1.807, 2.05) is 0 Å². The molecule has 0 bridgehead atoms. The van der Waals surface area contributed by atoms with Gasteiger partial charge in [0.05, 0.1) is 10.6 Å². The fourth-order valence-electron chi connectivity index (χ4n) is 2.42. The van der Waals surface area contributed by atoms with Crippen molar-refractivity contribution in [2.75, 3.05) is 5.32 Å². The van der Waals surface area contributed by atoms with E-state index in [0.717, 1.165) is 25.7 Å². The van der Waals surface area contributed by atoms with Crippen molar-refractivity contribution in [3.63, 3.8) is 0 Å². The van der Waals surface area contributed by atoms with Crippen LogP contribution in [0.1, 0.15) is 48.9 Å². The van der Waals surface area contributed by atoms with Gasteiger partial charge in [-0.3, -0.25) is 9.59 Å². The summed E-state index contributed by atoms with van der Waals surface area (Å²) in [6.45, 7) is 0. The molecule has 108 valence electrons. The second-order valence-electron chi connectivity index (χ2n) is 5.10. The number of nitrogens with one attached hydrogen (secondary N) is 1. The predicted octanol–water partition coefficient (Wildman–Crippen LogP) is 2.74. The van der Waals surface area contributed by atoms with Crippen LogP contribution in [0.4, 0.5) is 5.82 Å². The van der Waals surface area contributed by atoms with Crippen LogP contribution in [0.15, 0.2) is 12.3 Å². The number of hydrogen-bond donors (Lipinski definition) is 2. The van der Waals surface area contributed by atoms with E-state index in [9.17, 15) is 9.59 Å². The van der Waals surface area contributed by atoms with Crippen molar-refractivity contribution in [3.05, 3.63) is 22.8 Å². The molecular weight excluding hydrogens is 278 g/mol. The summed E-state index contributed by atoms with van der Waals surface area (Å²) in [6, 6.07) is 1.42. The van der Waals surface area contributed by atoms with Gasteiger partial charge in [-0.15, -0.1) is 0 Å². The summed E-state index contributed by atoms with van der Waals surface area (Å²) < 4.78 is 0. The third kappa shape index (κ3) is 3.70. The van der Waals surface area contributed by atoms with Gasteiger partial charge in [-0.05, 0) is 18.9 Å². The smallest absolute Gasteiger partial charge is 0.250 e. The van der Waals surface area contributed by atoms with E-state index in [1.165, 1.54) is 25.1 Å². The van der Waals surface area contributed by atoms with Crippen LogP contribution in [0.5, 0.6) is 0 Å². The van der Waals surface area contributed by atoms with Crippen LogP contribution in [-0.2, 0) is 4.79 Å². The number of nitrogens with two attached hydrogens (primary N) is 1. The number of primary amides is 1. The number of hydrogen-bond acceptors (Lipinski definition) is 3. The first-order chi connectivity index (χ1) is 9.58. The first kappa shape index (κ1) is 14.8. The molecule has 1 aliphatic rings. The zero-order valence-corrected chi connectivity index (χ0v) is 11.9. The number of carbonyl (C=O) groups is 2. The molecule has 2 amide bonds. The Kier molecular flexibility index (Phi) is 4.95. The number of anilines is 1. The van der Waals surface area contributed by atoms with Crippen molar-refractivity contribution in [2.24, 2.45) is 11.7 Å². The molecule has 0 unspecified atom stereocenters. The van der Waals surface area contributed by atoms with Crippen LogP contribution in [-0.4, -0.2) is 16.8 Å². The van der Waals surface area contributed by atoms with E-state index in [2.05, 4.69) is 10.3 Å². The molecule has 1 aliphatic carbocycles. The van der Waals surface area contributed by atoms with Gasteiger partial charge in [0.25, 0.3) is 0 Å². The van der Waals surface area contributed by atoms with Gasteiger partial charge in [-0.25, -0.2) is 4.98 Å². The Morgan fingerprint density at radius 1 is 1.25 bits per heavy atom. The lowest BCUT2D eigenvalue weighted by Crippen LogP contribution is -2.23. The van der Waals surface area contributed by atoms with Crippen molar-refractivity contribution >= 4 is 29.2 Å². The minimum Gasteiger partial charge on any atom is -0.366 e. The highest BCUT2D eigenvalue weighted by Crippen LogP contribution is 2.26. The SMILES string of the molecule is NC(=O)c1cnc(NC(=O)C2CCCCCC2)c(Cl)c1. The number of carbonyl (C=O) groups excluding carboxylic acids is 2. The number of halogens is 1. The molecule has 0 radical (unpaired) electrons. The zero-order valence-electron chi connectivity index (χ0n) is 11.2. The molecule has 20 heavy (non-hydrogen) atoms. The van der Waals surface area contributed by atoms with Gasteiger partial charge >= 0.3 is 0 Å². The minimum atomic E-state index is -0.596. The molecule has 1 aromatic rings. The van der Waals surface area contributed by atoms with E-state index in [1.54, 1.807) is 0 Å². The molecule has 5 nitrogen and oxygen atoms in total. The van der Waals surface area contributed by atoms with Gasteiger partial charge in [0.2, 0.25) is 11.8 Å². The largest absolute Gasteiger partial charge is 0.366 e. The Morgan fingerprint density at radius 2 is 1.90 bits per heavy atom. The number of amides is 2. The van der Waals surface area contributed by atoms with Crippen molar-refractivity contribution in [3.8, 4) is 0 Å². The molecule has 0 aliphatic heterocycles. The highest BCUT2D eigenvalue weighted by molar-refractivity contribution is 6.33. The lowest BCUT2D eigenvalue weighted by molar-refractivity contribution is -0.120. The van der Waals surface area contributed by atoms with Crippen LogP contribution >= 0.6 is 11.6 Å². The lowest BCUT2D eigenvalue weighted by Gasteiger charge is -2.14. The highest BCUT2D eigenvalue weighted by atomic mass is 35.5. The maximum atomic E-state index is 12.2. The van der Waals surface area contributed by atoms with E-state index in [4.69, 9.17) is 17.3 Å². The summed E-state index contributed by atoms with van der Waals surface area (Å²) in [5.74, 6) is -0.341. The van der Waals surface area contributed by atoms with Crippen molar-refractivity contribution < 1.29 is 9.59 Å². The van der Waals surface area contributed by atoms with Crippen LogP contribution in [0.3, 0.4) is 0 Å². The quantitative estimate of drug-likeness (QED) is 0.841. The second-order valence-corrected chi connectivity index (χ2v) is 5.50. The molecule has 2 rings (SSSR count). The average molecular weight is 296 g/mol. The second kappa shape index (κ2) is 6.70. The Labute approximate surface area is 122 Å². The predicted molar refractivity (Wildman–Crippen MR) is 77.6 cm³/mol. The Hall–Kier alpha value is -1.62. The van der Waals surface area contributed by atoms with Gasteiger partial charge in [0.1, 0.15) is 0 Å². The van der Waals surface area contributed by atoms with Crippen LogP contribution in [0, 0.1) is 5.92 Å². The molecule has 1 saturated carbocycles. The number of nitrogens with zero attached hydrogens (tertiary/aromatic N) is 1. The molecule has 0 saturated heterocycles. The van der Waals surface area contributed by atoms with Gasteiger partial charge in [-0.1, -0.05) is 37.3 Å². The maximum Gasteiger partial charge on any atom is 0.250 e. The summed E-state index contributed by atoms with van der Waals surface area (Å²) in [7, 11) is 0. The maximum absolute atomic E-state index is 12.2. The van der Waals surface area contributed by atoms with Crippen LogP contribution < -0.4 is 11.1 Å². The monoisotopic (exact) mass is 295 g/mol. The molecule has 1 aromatic heterocycles. The Balaban J connectivity index is 2.05. The van der Waals surface area contributed by atoms with E-state index < -0.39 is 5.91 Å². The standard InChI is InChI=1S/C14H18ClN3O2/c15-11-7-10(12(16)19)8-17-13(11)18-14(20)9-5-3-1-2-4-6-9/h7-9H,1-6H2,(H2,16,19)(H,17,18,20). The third-order valence-electron chi connectivity index (χ3n) is 3.59.